The maximum absolute atomic E-state index is 10.8. The molecule has 0 aliphatic rings. The van der Waals surface area contributed by atoms with Crippen molar-refractivity contribution in [2.45, 2.75) is 3.55 Å². The molecule has 1 atom stereocenters. The molecule has 0 amide bonds. The molecular formula is C8H6INO4. The van der Waals surface area contributed by atoms with Crippen molar-refractivity contribution >= 4 is 28.6 Å². The highest BCUT2D eigenvalue weighted by molar-refractivity contribution is 14.1. The van der Waals surface area contributed by atoms with E-state index in [1.54, 1.807) is 18.2 Å². The topological polar surface area (TPSA) is 80.4 Å². The van der Waals surface area contributed by atoms with E-state index < -0.39 is 14.4 Å². The van der Waals surface area contributed by atoms with E-state index in [0.717, 1.165) is 0 Å². The van der Waals surface area contributed by atoms with Crippen LogP contribution in [0.2, 0.25) is 0 Å². The van der Waals surface area contributed by atoms with Gasteiger partial charge in [0.15, 0.2) is 0 Å². The van der Waals surface area contributed by atoms with Gasteiger partial charge in [0.1, 0.15) is 0 Å². The zero-order chi connectivity index (χ0) is 10.8. The maximum Gasteiger partial charge on any atom is 0.398 e. The van der Waals surface area contributed by atoms with Gasteiger partial charge in [-0.05, 0) is 0 Å². The molecule has 1 aromatic rings. The first-order valence-electron chi connectivity index (χ1n) is 3.62. The average molecular weight is 307 g/mol. The molecule has 0 aliphatic heterocycles. The zero-order valence-electron chi connectivity index (χ0n) is 6.88. The Morgan fingerprint density at radius 1 is 1.43 bits per heavy atom. The van der Waals surface area contributed by atoms with Crippen LogP contribution in [0.3, 0.4) is 0 Å². The number of alkyl halides is 1. The lowest BCUT2D eigenvalue weighted by Crippen LogP contribution is -2.37. The summed E-state index contributed by atoms with van der Waals surface area (Å²) in [6, 6.07) is 7.64. The molecule has 0 saturated carbocycles. The van der Waals surface area contributed by atoms with Crippen molar-refractivity contribution in [3.05, 3.63) is 46.0 Å². The molecule has 0 aromatic heterocycles. The Morgan fingerprint density at radius 3 is 2.29 bits per heavy atom. The summed E-state index contributed by atoms with van der Waals surface area (Å²) in [5.74, 6) is -1.48. The first-order chi connectivity index (χ1) is 6.49. The predicted molar refractivity (Wildman–Crippen MR) is 56.8 cm³/mol. The number of benzene rings is 1. The second-order valence-electron chi connectivity index (χ2n) is 2.55. The summed E-state index contributed by atoms with van der Waals surface area (Å²) >= 11 is 1.32. The average Bonchev–Trinajstić information content (AvgIpc) is 2.17. The number of carbonyl (C=O) groups is 1. The van der Waals surface area contributed by atoms with Crippen LogP contribution < -0.4 is 0 Å². The fourth-order valence-electron chi connectivity index (χ4n) is 0.966. The van der Waals surface area contributed by atoms with Crippen molar-refractivity contribution in [1.82, 2.24) is 0 Å². The number of nitro groups is 1. The van der Waals surface area contributed by atoms with E-state index in [1.807, 2.05) is 0 Å². The van der Waals surface area contributed by atoms with Crippen molar-refractivity contribution in [1.29, 1.82) is 0 Å². The van der Waals surface area contributed by atoms with Gasteiger partial charge in [0, 0.05) is 22.6 Å². The van der Waals surface area contributed by atoms with Crippen molar-refractivity contribution in [2.75, 3.05) is 0 Å². The number of aliphatic carboxylic acids is 1. The number of hydrogen-bond acceptors (Lipinski definition) is 3. The number of hydrogen-bond donors (Lipinski definition) is 1. The summed E-state index contributed by atoms with van der Waals surface area (Å²) in [5.41, 5.74) is 0.151. The normalized spacial score (nSPS) is 14.4. The fraction of sp³-hybridized carbons (Fsp3) is 0.125. The van der Waals surface area contributed by atoms with Crippen LogP contribution in [-0.2, 0) is 8.34 Å². The summed E-state index contributed by atoms with van der Waals surface area (Å²) in [6.45, 7) is 0. The van der Waals surface area contributed by atoms with E-state index >= 15 is 0 Å². The minimum atomic E-state index is -2.10. The molecule has 6 heteroatoms. The summed E-state index contributed by atoms with van der Waals surface area (Å²) < 4.78 is -2.10. The minimum Gasteiger partial charge on any atom is -0.475 e. The Bertz CT molecular complexity index is 351. The van der Waals surface area contributed by atoms with E-state index in [2.05, 4.69) is 0 Å². The van der Waals surface area contributed by atoms with Crippen LogP contribution >= 0.6 is 22.6 Å². The smallest absolute Gasteiger partial charge is 0.398 e. The Morgan fingerprint density at radius 2 is 1.93 bits per heavy atom. The van der Waals surface area contributed by atoms with Crippen molar-refractivity contribution in [3.63, 3.8) is 0 Å². The van der Waals surface area contributed by atoms with Crippen LogP contribution in [0.4, 0.5) is 0 Å². The summed E-state index contributed by atoms with van der Waals surface area (Å²) in [5, 5.41) is 19.5. The molecule has 0 heterocycles. The van der Waals surface area contributed by atoms with Gasteiger partial charge in [0.25, 0.3) is 0 Å². The Hall–Kier alpha value is -1.18. The molecule has 1 aromatic carbocycles. The summed E-state index contributed by atoms with van der Waals surface area (Å²) in [7, 11) is 0. The molecule has 0 radical (unpaired) electrons. The highest BCUT2D eigenvalue weighted by Crippen LogP contribution is 2.32. The van der Waals surface area contributed by atoms with Gasteiger partial charge >= 0.3 is 9.51 Å². The van der Waals surface area contributed by atoms with Gasteiger partial charge in [-0.2, -0.15) is 0 Å². The largest absolute Gasteiger partial charge is 0.475 e. The fourth-order valence-corrected chi connectivity index (χ4v) is 1.33. The van der Waals surface area contributed by atoms with Crippen LogP contribution in [0.1, 0.15) is 5.56 Å². The molecule has 0 fully saturated rings. The van der Waals surface area contributed by atoms with Crippen molar-refractivity contribution in [3.8, 4) is 0 Å². The predicted octanol–water partition coefficient (Wildman–Crippen LogP) is 1.64. The van der Waals surface area contributed by atoms with Crippen LogP contribution in [-0.4, -0.2) is 16.0 Å². The molecule has 1 unspecified atom stereocenters. The van der Waals surface area contributed by atoms with Crippen molar-refractivity contribution in [2.24, 2.45) is 0 Å². The lowest BCUT2D eigenvalue weighted by atomic mass is 10.1. The highest BCUT2D eigenvalue weighted by Gasteiger charge is 2.50. The van der Waals surface area contributed by atoms with Gasteiger partial charge in [-0.15, -0.1) is 0 Å². The SMILES string of the molecule is O=C(O)C(I)(c1ccccc1)[N+](=O)[O-]. The van der Waals surface area contributed by atoms with E-state index in [0.29, 0.717) is 0 Å². The van der Waals surface area contributed by atoms with Crippen LogP contribution in [0.15, 0.2) is 30.3 Å². The first-order valence-corrected chi connectivity index (χ1v) is 4.69. The minimum absolute atomic E-state index is 0.151. The van der Waals surface area contributed by atoms with Gasteiger partial charge in [0.2, 0.25) is 0 Å². The lowest BCUT2D eigenvalue weighted by Gasteiger charge is -2.13. The molecule has 5 nitrogen and oxygen atoms in total. The van der Waals surface area contributed by atoms with Gasteiger partial charge in [-0.1, -0.05) is 30.3 Å². The quantitative estimate of drug-likeness (QED) is 0.303. The maximum atomic E-state index is 10.8. The second kappa shape index (κ2) is 3.91. The van der Waals surface area contributed by atoms with E-state index in [4.69, 9.17) is 5.11 Å². The Labute approximate surface area is 93.0 Å². The van der Waals surface area contributed by atoms with E-state index in [-0.39, 0.29) is 5.56 Å². The number of carboxylic acid groups (broad SMARTS) is 1. The molecule has 1 N–H and O–H groups in total. The molecule has 0 spiro atoms. The zero-order valence-corrected chi connectivity index (χ0v) is 9.04. The lowest BCUT2D eigenvalue weighted by molar-refractivity contribution is -0.525. The molecule has 0 aliphatic carbocycles. The summed E-state index contributed by atoms with van der Waals surface area (Å²) in [4.78, 5) is 20.7. The monoisotopic (exact) mass is 307 g/mol. The van der Waals surface area contributed by atoms with Gasteiger partial charge in [-0.3, -0.25) is 10.1 Å². The molecule has 74 valence electrons. The number of halogens is 1. The highest BCUT2D eigenvalue weighted by atomic mass is 127. The standard InChI is InChI=1S/C8H6INO4/c9-8(7(11)12,10(13)14)6-4-2-1-3-5-6/h1-5H,(H,11,12). The van der Waals surface area contributed by atoms with Crippen molar-refractivity contribution < 1.29 is 14.8 Å². The molecule has 14 heavy (non-hydrogen) atoms. The van der Waals surface area contributed by atoms with E-state index in [1.165, 1.54) is 34.7 Å². The number of rotatable bonds is 3. The van der Waals surface area contributed by atoms with Gasteiger partial charge < -0.3 is 5.11 Å². The summed E-state index contributed by atoms with van der Waals surface area (Å²) in [6.07, 6.45) is 0. The van der Waals surface area contributed by atoms with Crippen LogP contribution in [0.25, 0.3) is 0 Å². The van der Waals surface area contributed by atoms with Gasteiger partial charge in [0.05, 0.1) is 10.5 Å². The number of nitrogens with zero attached hydrogens (tertiary/aromatic N) is 1. The Balaban J connectivity index is 3.27. The van der Waals surface area contributed by atoms with E-state index in [9.17, 15) is 14.9 Å². The number of carboxylic acids is 1. The molecular weight excluding hydrogens is 301 g/mol. The third kappa shape index (κ3) is 1.69. The Kier molecular flexibility index (Phi) is 3.04. The molecule has 1 rings (SSSR count). The second-order valence-corrected chi connectivity index (χ2v) is 4.11. The third-order valence-electron chi connectivity index (χ3n) is 1.69. The third-order valence-corrected chi connectivity index (χ3v) is 3.17. The molecule has 0 bridgehead atoms. The van der Waals surface area contributed by atoms with Crippen LogP contribution in [0.5, 0.6) is 0 Å². The van der Waals surface area contributed by atoms with Gasteiger partial charge in [-0.25, -0.2) is 4.79 Å². The molecule has 0 saturated heterocycles. The van der Waals surface area contributed by atoms with Crippen LogP contribution in [0, 0.1) is 10.1 Å². The first kappa shape index (κ1) is 10.9.